The van der Waals surface area contributed by atoms with Crippen LogP contribution in [0.25, 0.3) is 0 Å². The van der Waals surface area contributed by atoms with E-state index in [0.717, 1.165) is 13.0 Å². The second-order valence-electron chi connectivity index (χ2n) is 3.93. The van der Waals surface area contributed by atoms with Crippen LogP contribution in [0.4, 0.5) is 4.39 Å². The highest BCUT2D eigenvalue weighted by Crippen LogP contribution is 2.24. The van der Waals surface area contributed by atoms with Gasteiger partial charge >= 0.3 is 0 Å². The molecular weight excluding hydrogens is 193 g/mol. The molecule has 1 aromatic carbocycles. The minimum Gasteiger partial charge on any atom is -0.380 e. The van der Waals surface area contributed by atoms with Gasteiger partial charge in [-0.3, -0.25) is 0 Å². The van der Waals surface area contributed by atoms with Gasteiger partial charge < -0.3 is 10.1 Å². The van der Waals surface area contributed by atoms with Gasteiger partial charge in [-0.15, -0.1) is 0 Å². The van der Waals surface area contributed by atoms with E-state index in [0.29, 0.717) is 18.2 Å². The molecule has 0 radical (unpaired) electrons. The van der Waals surface area contributed by atoms with E-state index in [1.54, 1.807) is 7.11 Å². The van der Waals surface area contributed by atoms with Crippen molar-refractivity contribution in [2.75, 3.05) is 13.7 Å². The van der Waals surface area contributed by atoms with Gasteiger partial charge in [0.25, 0.3) is 0 Å². The predicted molar refractivity (Wildman–Crippen MR) is 57.1 cm³/mol. The van der Waals surface area contributed by atoms with Crippen molar-refractivity contribution in [2.45, 2.75) is 25.5 Å². The molecule has 0 aromatic heterocycles. The number of ether oxygens (including phenoxy) is 1. The molecule has 1 unspecified atom stereocenters. The van der Waals surface area contributed by atoms with Crippen molar-refractivity contribution >= 4 is 0 Å². The van der Waals surface area contributed by atoms with E-state index < -0.39 is 0 Å². The van der Waals surface area contributed by atoms with Gasteiger partial charge in [-0.2, -0.15) is 0 Å². The molecule has 1 saturated heterocycles. The normalized spacial score (nSPS) is 20.8. The van der Waals surface area contributed by atoms with Crippen molar-refractivity contribution in [3.05, 3.63) is 35.1 Å². The molecule has 0 saturated carbocycles. The molecule has 0 spiro atoms. The number of halogens is 1. The number of rotatable bonds is 3. The van der Waals surface area contributed by atoms with Gasteiger partial charge in [0, 0.05) is 18.7 Å². The van der Waals surface area contributed by atoms with E-state index in [4.69, 9.17) is 4.74 Å². The summed E-state index contributed by atoms with van der Waals surface area (Å²) in [4.78, 5) is 0. The Labute approximate surface area is 89.4 Å². The number of hydrogen-bond donors (Lipinski definition) is 1. The van der Waals surface area contributed by atoms with Gasteiger partial charge in [0.1, 0.15) is 5.82 Å². The topological polar surface area (TPSA) is 21.3 Å². The fourth-order valence-electron chi connectivity index (χ4n) is 2.05. The number of benzene rings is 1. The maximum absolute atomic E-state index is 13.3. The number of methoxy groups -OCH3 is 1. The lowest BCUT2D eigenvalue weighted by Crippen LogP contribution is -2.13. The van der Waals surface area contributed by atoms with E-state index >= 15 is 0 Å². The average molecular weight is 209 g/mol. The summed E-state index contributed by atoms with van der Waals surface area (Å²) in [5.74, 6) is -0.182. The predicted octanol–water partition coefficient (Wildman–Crippen LogP) is 2.40. The summed E-state index contributed by atoms with van der Waals surface area (Å²) in [5, 5.41) is 3.40. The van der Waals surface area contributed by atoms with Crippen molar-refractivity contribution < 1.29 is 9.13 Å². The summed E-state index contributed by atoms with van der Waals surface area (Å²) in [6.45, 7) is 1.40. The lowest BCUT2D eigenvalue weighted by molar-refractivity contribution is 0.181. The van der Waals surface area contributed by atoms with E-state index in [1.165, 1.54) is 18.1 Å². The third-order valence-corrected chi connectivity index (χ3v) is 2.83. The summed E-state index contributed by atoms with van der Waals surface area (Å²) < 4.78 is 18.3. The second-order valence-corrected chi connectivity index (χ2v) is 3.93. The van der Waals surface area contributed by atoms with Gasteiger partial charge in [0.2, 0.25) is 0 Å². The molecule has 3 heteroatoms. The summed E-state index contributed by atoms with van der Waals surface area (Å²) >= 11 is 0. The van der Waals surface area contributed by atoms with Gasteiger partial charge in [0.15, 0.2) is 0 Å². The molecule has 15 heavy (non-hydrogen) atoms. The van der Waals surface area contributed by atoms with Gasteiger partial charge in [-0.05, 0) is 37.1 Å². The third kappa shape index (κ3) is 2.36. The molecule has 1 heterocycles. The van der Waals surface area contributed by atoms with Crippen molar-refractivity contribution in [1.29, 1.82) is 0 Å². The van der Waals surface area contributed by atoms with Crippen LogP contribution in [-0.2, 0) is 11.3 Å². The smallest absolute Gasteiger partial charge is 0.128 e. The van der Waals surface area contributed by atoms with Crippen LogP contribution >= 0.6 is 0 Å². The third-order valence-electron chi connectivity index (χ3n) is 2.83. The summed E-state index contributed by atoms with van der Waals surface area (Å²) in [7, 11) is 1.58. The molecule has 1 atom stereocenters. The zero-order chi connectivity index (χ0) is 10.7. The highest BCUT2D eigenvalue weighted by Gasteiger charge is 2.17. The fourth-order valence-corrected chi connectivity index (χ4v) is 2.05. The highest BCUT2D eigenvalue weighted by molar-refractivity contribution is 5.27. The van der Waals surface area contributed by atoms with Gasteiger partial charge in [0.05, 0.1) is 6.61 Å². The molecule has 1 aliphatic rings. The van der Waals surface area contributed by atoms with Crippen LogP contribution in [0.3, 0.4) is 0 Å². The molecule has 1 aromatic rings. The van der Waals surface area contributed by atoms with Crippen molar-refractivity contribution in [1.82, 2.24) is 5.32 Å². The van der Waals surface area contributed by atoms with E-state index in [-0.39, 0.29) is 5.82 Å². The first-order chi connectivity index (χ1) is 7.31. The Morgan fingerprint density at radius 1 is 1.53 bits per heavy atom. The molecule has 2 nitrogen and oxygen atoms in total. The molecule has 0 bridgehead atoms. The van der Waals surface area contributed by atoms with Crippen molar-refractivity contribution in [3.63, 3.8) is 0 Å². The molecule has 1 aliphatic heterocycles. The minimum absolute atomic E-state index is 0.182. The fraction of sp³-hybridized carbons (Fsp3) is 0.500. The molecule has 1 fully saturated rings. The minimum atomic E-state index is -0.182. The Morgan fingerprint density at radius 3 is 3.07 bits per heavy atom. The van der Waals surface area contributed by atoms with E-state index in [1.807, 2.05) is 12.1 Å². The summed E-state index contributed by atoms with van der Waals surface area (Å²) in [6.07, 6.45) is 2.33. The standard InChI is InChI=1S/C12H16FNO/c1-15-8-10-7-9(4-5-11(10)13)12-3-2-6-14-12/h4-5,7,12,14H,2-3,6,8H2,1H3. The van der Waals surface area contributed by atoms with E-state index in [9.17, 15) is 4.39 Å². The first-order valence-corrected chi connectivity index (χ1v) is 5.32. The molecule has 0 aliphatic carbocycles. The maximum Gasteiger partial charge on any atom is 0.128 e. The van der Waals surface area contributed by atoms with Crippen LogP contribution in [0.5, 0.6) is 0 Å². The van der Waals surface area contributed by atoms with Crippen molar-refractivity contribution in [2.24, 2.45) is 0 Å². The largest absolute Gasteiger partial charge is 0.380 e. The Hall–Kier alpha value is -0.930. The van der Waals surface area contributed by atoms with Gasteiger partial charge in [-0.25, -0.2) is 4.39 Å². The summed E-state index contributed by atoms with van der Waals surface area (Å²) in [5.41, 5.74) is 1.81. The molecule has 1 N–H and O–H groups in total. The lowest BCUT2D eigenvalue weighted by atomic mass is 10.0. The summed E-state index contributed by atoms with van der Waals surface area (Å²) in [6, 6.07) is 5.68. The van der Waals surface area contributed by atoms with Crippen LogP contribution in [0.15, 0.2) is 18.2 Å². The Kier molecular flexibility index (Phi) is 3.34. The average Bonchev–Trinajstić information content (AvgIpc) is 2.75. The second kappa shape index (κ2) is 4.73. The van der Waals surface area contributed by atoms with Gasteiger partial charge in [-0.1, -0.05) is 6.07 Å². The number of hydrogen-bond acceptors (Lipinski definition) is 2. The van der Waals surface area contributed by atoms with E-state index in [2.05, 4.69) is 5.32 Å². The van der Waals surface area contributed by atoms with Crippen LogP contribution in [0.1, 0.15) is 30.0 Å². The van der Waals surface area contributed by atoms with Crippen LogP contribution in [0, 0.1) is 5.82 Å². The molecular formula is C12H16FNO. The monoisotopic (exact) mass is 209 g/mol. The van der Waals surface area contributed by atoms with Crippen LogP contribution in [-0.4, -0.2) is 13.7 Å². The Morgan fingerprint density at radius 2 is 2.40 bits per heavy atom. The van der Waals surface area contributed by atoms with Crippen molar-refractivity contribution in [3.8, 4) is 0 Å². The first-order valence-electron chi connectivity index (χ1n) is 5.32. The zero-order valence-electron chi connectivity index (χ0n) is 8.92. The molecule has 0 amide bonds. The highest BCUT2D eigenvalue weighted by atomic mass is 19.1. The first kappa shape index (κ1) is 10.6. The number of nitrogens with one attached hydrogen (secondary N) is 1. The molecule has 2 rings (SSSR count). The maximum atomic E-state index is 13.3. The molecule has 82 valence electrons. The SMILES string of the molecule is COCc1cc(C2CCCN2)ccc1F. The Bertz CT molecular complexity index is 334. The zero-order valence-corrected chi connectivity index (χ0v) is 8.92. The van der Waals surface area contributed by atoms with Crippen LogP contribution in [0.2, 0.25) is 0 Å². The van der Waals surface area contributed by atoms with Crippen LogP contribution < -0.4 is 5.32 Å². The lowest BCUT2D eigenvalue weighted by Gasteiger charge is -2.12. The quantitative estimate of drug-likeness (QED) is 0.825. The Balaban J connectivity index is 2.21.